The quantitative estimate of drug-likeness (QED) is 0.865. The van der Waals surface area contributed by atoms with Crippen molar-refractivity contribution in [3.8, 4) is 0 Å². The number of rotatable bonds is 3. The third-order valence-electron chi connectivity index (χ3n) is 4.24. The summed E-state index contributed by atoms with van der Waals surface area (Å²) in [5.41, 5.74) is 5.62. The average Bonchev–Trinajstić information content (AvgIpc) is 3.10. The second-order valence-corrected chi connectivity index (χ2v) is 6.58. The van der Waals surface area contributed by atoms with Crippen molar-refractivity contribution in [3.05, 3.63) is 5.82 Å². The van der Waals surface area contributed by atoms with E-state index >= 15 is 0 Å². The van der Waals surface area contributed by atoms with Crippen molar-refractivity contribution in [2.45, 2.75) is 38.4 Å². The number of hydrogen-bond donors (Lipinski definition) is 1. The molecule has 2 aliphatic rings. The summed E-state index contributed by atoms with van der Waals surface area (Å²) in [4.78, 5) is 21.2. The van der Waals surface area contributed by atoms with E-state index in [9.17, 15) is 4.79 Å². The van der Waals surface area contributed by atoms with E-state index < -0.39 is 0 Å². The van der Waals surface area contributed by atoms with E-state index in [1.54, 1.807) is 0 Å². The number of aryl methyl sites for hydroxylation is 1. The Labute approximate surface area is 134 Å². The average molecular weight is 325 g/mol. The van der Waals surface area contributed by atoms with Gasteiger partial charge in [0.15, 0.2) is 0 Å². The Morgan fingerprint density at radius 1 is 1.36 bits per heavy atom. The lowest BCUT2D eigenvalue weighted by Gasteiger charge is -2.24. The number of hydrogen-bond acceptors (Lipinski definition) is 7. The molecule has 0 saturated carbocycles. The highest BCUT2D eigenvalue weighted by atomic mass is 32.1. The number of carbonyl (C=O) groups is 1. The number of nitrogens with zero attached hydrogens (tertiary/aromatic N) is 4. The first-order valence-electron chi connectivity index (χ1n) is 7.87. The first-order chi connectivity index (χ1) is 10.7. The molecule has 0 unspecified atom stereocenters. The molecule has 2 fully saturated rings. The van der Waals surface area contributed by atoms with E-state index in [-0.39, 0.29) is 18.1 Å². The van der Waals surface area contributed by atoms with Crippen molar-refractivity contribution in [1.29, 1.82) is 0 Å². The first kappa shape index (κ1) is 15.6. The Morgan fingerprint density at radius 3 is 2.91 bits per heavy atom. The SMILES string of the molecule is Cc1nsc(N2CCCN(C(=O)[C@@H]3CC[C@H](CN)O3)CC2)n1. The molecule has 3 rings (SSSR count). The van der Waals surface area contributed by atoms with Gasteiger partial charge >= 0.3 is 0 Å². The van der Waals surface area contributed by atoms with E-state index in [0.29, 0.717) is 13.1 Å². The van der Waals surface area contributed by atoms with Gasteiger partial charge in [-0.05, 0) is 26.2 Å². The maximum atomic E-state index is 12.6. The number of aromatic nitrogens is 2. The highest BCUT2D eigenvalue weighted by Gasteiger charge is 2.33. The maximum Gasteiger partial charge on any atom is 0.251 e. The van der Waals surface area contributed by atoms with Crippen LogP contribution in [0.1, 0.15) is 25.1 Å². The molecule has 1 aromatic rings. The molecule has 1 aromatic heterocycles. The number of ether oxygens (including phenoxy) is 1. The van der Waals surface area contributed by atoms with Crippen LogP contribution in [0.15, 0.2) is 0 Å². The lowest BCUT2D eigenvalue weighted by molar-refractivity contribution is -0.142. The van der Waals surface area contributed by atoms with Gasteiger partial charge in [-0.25, -0.2) is 4.98 Å². The van der Waals surface area contributed by atoms with E-state index in [1.807, 2.05) is 11.8 Å². The predicted octanol–water partition coefficient (Wildman–Crippen LogP) is 0.392. The predicted molar refractivity (Wildman–Crippen MR) is 85.0 cm³/mol. The van der Waals surface area contributed by atoms with Crippen LogP contribution in [0.4, 0.5) is 5.13 Å². The summed E-state index contributed by atoms with van der Waals surface area (Å²) in [6.45, 7) is 5.60. The van der Waals surface area contributed by atoms with Gasteiger partial charge in [-0.15, -0.1) is 0 Å². The van der Waals surface area contributed by atoms with Crippen LogP contribution in [-0.2, 0) is 9.53 Å². The van der Waals surface area contributed by atoms with Crippen LogP contribution in [0.5, 0.6) is 0 Å². The zero-order valence-corrected chi connectivity index (χ0v) is 13.7. The normalized spacial score (nSPS) is 26.3. The van der Waals surface area contributed by atoms with Gasteiger partial charge < -0.3 is 20.3 Å². The van der Waals surface area contributed by atoms with Crippen LogP contribution >= 0.6 is 11.5 Å². The minimum atomic E-state index is -0.302. The monoisotopic (exact) mass is 325 g/mol. The van der Waals surface area contributed by atoms with Crippen LogP contribution in [0.2, 0.25) is 0 Å². The van der Waals surface area contributed by atoms with Gasteiger partial charge in [0, 0.05) is 44.3 Å². The largest absolute Gasteiger partial charge is 0.364 e. The minimum absolute atomic E-state index is 0.0433. The summed E-state index contributed by atoms with van der Waals surface area (Å²) in [5, 5.41) is 0.951. The number of carbonyl (C=O) groups excluding carboxylic acids is 1. The zero-order chi connectivity index (χ0) is 15.5. The van der Waals surface area contributed by atoms with Crippen LogP contribution in [-0.4, -0.2) is 65.1 Å². The van der Waals surface area contributed by atoms with Gasteiger partial charge in [0.1, 0.15) is 11.9 Å². The Balaban J connectivity index is 1.57. The molecule has 0 spiro atoms. The zero-order valence-electron chi connectivity index (χ0n) is 12.9. The molecule has 8 heteroatoms. The Kier molecular flexibility index (Phi) is 4.90. The molecule has 3 heterocycles. The van der Waals surface area contributed by atoms with E-state index in [4.69, 9.17) is 10.5 Å². The molecule has 0 aliphatic carbocycles. The summed E-state index contributed by atoms with van der Waals surface area (Å²) < 4.78 is 9.96. The lowest BCUT2D eigenvalue weighted by atomic mass is 10.2. The Bertz CT molecular complexity index is 523. The van der Waals surface area contributed by atoms with Gasteiger partial charge in [0.05, 0.1) is 6.10 Å². The molecule has 0 radical (unpaired) electrons. The second-order valence-electron chi connectivity index (χ2n) is 5.85. The van der Waals surface area contributed by atoms with Crippen molar-refractivity contribution in [3.63, 3.8) is 0 Å². The number of nitrogens with two attached hydrogens (primary N) is 1. The van der Waals surface area contributed by atoms with Gasteiger partial charge in [-0.2, -0.15) is 4.37 Å². The van der Waals surface area contributed by atoms with Crippen molar-refractivity contribution >= 4 is 22.6 Å². The smallest absolute Gasteiger partial charge is 0.251 e. The van der Waals surface area contributed by atoms with Gasteiger partial charge in [-0.3, -0.25) is 4.79 Å². The van der Waals surface area contributed by atoms with Crippen LogP contribution in [0.3, 0.4) is 0 Å². The first-order valence-corrected chi connectivity index (χ1v) is 8.64. The summed E-state index contributed by atoms with van der Waals surface area (Å²) in [7, 11) is 0. The molecule has 2 aliphatic heterocycles. The van der Waals surface area contributed by atoms with Crippen LogP contribution in [0.25, 0.3) is 0 Å². The fourth-order valence-electron chi connectivity index (χ4n) is 3.01. The number of anilines is 1. The van der Waals surface area contributed by atoms with Crippen molar-refractivity contribution in [2.75, 3.05) is 37.6 Å². The van der Waals surface area contributed by atoms with Crippen molar-refractivity contribution < 1.29 is 9.53 Å². The van der Waals surface area contributed by atoms with Gasteiger partial charge in [0.25, 0.3) is 5.91 Å². The fraction of sp³-hybridized carbons (Fsp3) is 0.786. The summed E-state index contributed by atoms with van der Waals surface area (Å²) in [6.07, 6.45) is 2.36. The lowest BCUT2D eigenvalue weighted by Crippen LogP contribution is -2.41. The standard InChI is InChI=1S/C14H23N5O2S/c1-10-16-14(22-17-10)19-6-2-5-18(7-8-19)13(20)12-4-3-11(9-15)21-12/h11-12H,2-9,15H2,1H3/t11-,12+/m1/s1. The topological polar surface area (TPSA) is 84.6 Å². The molecule has 122 valence electrons. The number of amides is 1. The third-order valence-corrected chi connectivity index (χ3v) is 5.11. The second kappa shape index (κ2) is 6.89. The van der Waals surface area contributed by atoms with Crippen molar-refractivity contribution in [2.24, 2.45) is 5.73 Å². The molecule has 2 saturated heterocycles. The fourth-order valence-corrected chi connectivity index (χ4v) is 3.73. The van der Waals surface area contributed by atoms with E-state index in [1.165, 1.54) is 11.5 Å². The molecule has 22 heavy (non-hydrogen) atoms. The highest BCUT2D eigenvalue weighted by Crippen LogP contribution is 2.23. The third kappa shape index (κ3) is 3.39. The Hall–Kier alpha value is -1.25. The molecule has 2 atom stereocenters. The maximum absolute atomic E-state index is 12.6. The van der Waals surface area contributed by atoms with Crippen LogP contribution < -0.4 is 10.6 Å². The van der Waals surface area contributed by atoms with Gasteiger partial charge in [0.2, 0.25) is 5.13 Å². The summed E-state index contributed by atoms with van der Waals surface area (Å²) in [5.74, 6) is 0.926. The molecule has 2 N–H and O–H groups in total. The van der Waals surface area contributed by atoms with Crippen LogP contribution in [0, 0.1) is 6.92 Å². The molecule has 7 nitrogen and oxygen atoms in total. The minimum Gasteiger partial charge on any atom is -0.364 e. The molecular formula is C14H23N5O2S. The Morgan fingerprint density at radius 2 is 2.23 bits per heavy atom. The van der Waals surface area contributed by atoms with E-state index in [2.05, 4.69) is 14.3 Å². The summed E-state index contributed by atoms with van der Waals surface area (Å²) >= 11 is 1.43. The summed E-state index contributed by atoms with van der Waals surface area (Å²) in [6, 6.07) is 0. The van der Waals surface area contributed by atoms with Crippen molar-refractivity contribution in [1.82, 2.24) is 14.3 Å². The van der Waals surface area contributed by atoms with E-state index in [0.717, 1.165) is 49.9 Å². The molecule has 1 amide bonds. The molecule has 0 aromatic carbocycles. The molecule has 0 bridgehead atoms. The van der Waals surface area contributed by atoms with Gasteiger partial charge in [-0.1, -0.05) is 0 Å². The highest BCUT2D eigenvalue weighted by molar-refractivity contribution is 7.09. The molecular weight excluding hydrogens is 302 g/mol.